The number of aliphatic hydroxyl groups excluding tert-OH is 2. The van der Waals surface area contributed by atoms with Crippen LogP contribution in [-0.4, -0.2) is 65.0 Å². The van der Waals surface area contributed by atoms with Crippen molar-refractivity contribution in [3.63, 3.8) is 0 Å². The van der Waals surface area contributed by atoms with E-state index < -0.39 is 24.2 Å². The third kappa shape index (κ3) is 4.14. The van der Waals surface area contributed by atoms with Crippen molar-refractivity contribution in [2.24, 2.45) is 10.9 Å². The Morgan fingerprint density at radius 1 is 1.36 bits per heavy atom. The van der Waals surface area contributed by atoms with E-state index in [0.717, 1.165) is 0 Å². The standard InChI is InChI=1S/C17H23N3O4S/c1-24-8-7-18-17-20-13-14(22)12(21)9-11(15(13)25-17)16(23)19-10-5-3-2-4-6-10/h2-6,11-15,21-22H,7-9H2,1H3,(H,18,20)(H,19,23)/t11-,12+,13-,14-,15+/m0/s1. The number of methoxy groups -OCH3 is 1. The molecule has 136 valence electrons. The van der Waals surface area contributed by atoms with Gasteiger partial charge in [-0.3, -0.25) is 9.79 Å². The molecule has 5 atom stereocenters. The predicted molar refractivity (Wildman–Crippen MR) is 97.7 cm³/mol. The van der Waals surface area contributed by atoms with E-state index in [9.17, 15) is 15.0 Å². The summed E-state index contributed by atoms with van der Waals surface area (Å²) < 4.78 is 5.00. The second-order valence-electron chi connectivity index (χ2n) is 6.18. The van der Waals surface area contributed by atoms with Gasteiger partial charge in [-0.2, -0.15) is 0 Å². The number of rotatable bonds is 5. The highest BCUT2D eigenvalue weighted by atomic mass is 32.2. The summed E-state index contributed by atoms with van der Waals surface area (Å²) in [4.78, 5) is 17.2. The molecule has 0 saturated heterocycles. The third-order valence-corrected chi connectivity index (χ3v) is 5.80. The second kappa shape index (κ2) is 8.18. The van der Waals surface area contributed by atoms with Crippen molar-refractivity contribution in [1.29, 1.82) is 0 Å². The van der Waals surface area contributed by atoms with Crippen molar-refractivity contribution in [2.75, 3.05) is 25.6 Å². The maximum absolute atomic E-state index is 12.7. The van der Waals surface area contributed by atoms with Crippen LogP contribution in [0.25, 0.3) is 0 Å². The lowest BCUT2D eigenvalue weighted by molar-refractivity contribution is -0.124. The van der Waals surface area contributed by atoms with Crippen LogP contribution in [0.1, 0.15) is 6.42 Å². The lowest BCUT2D eigenvalue weighted by Gasteiger charge is -2.37. The average Bonchev–Trinajstić information content (AvgIpc) is 3.03. The average molecular weight is 365 g/mol. The molecule has 1 aliphatic carbocycles. The highest BCUT2D eigenvalue weighted by Gasteiger charge is 2.50. The van der Waals surface area contributed by atoms with Crippen molar-refractivity contribution in [1.82, 2.24) is 5.32 Å². The van der Waals surface area contributed by atoms with Gasteiger partial charge in [0.25, 0.3) is 0 Å². The van der Waals surface area contributed by atoms with Crippen LogP contribution < -0.4 is 10.6 Å². The fourth-order valence-electron chi connectivity index (χ4n) is 3.15. The van der Waals surface area contributed by atoms with Crippen LogP contribution in [0, 0.1) is 5.92 Å². The number of anilines is 1. The van der Waals surface area contributed by atoms with Gasteiger partial charge in [0.15, 0.2) is 5.17 Å². The number of para-hydroxylation sites is 1. The molecule has 1 aliphatic heterocycles. The SMILES string of the molecule is COCCNC1=N[C@H]2[C@@H](O)[C@H](O)C[C@H](C(=O)Nc3ccccc3)[C@H]2S1. The quantitative estimate of drug-likeness (QED) is 0.565. The van der Waals surface area contributed by atoms with E-state index in [4.69, 9.17) is 4.74 Å². The maximum atomic E-state index is 12.7. The van der Waals surface area contributed by atoms with E-state index >= 15 is 0 Å². The number of ether oxygens (including phenoxy) is 1. The molecule has 0 bridgehead atoms. The van der Waals surface area contributed by atoms with Crippen molar-refractivity contribution in [3.8, 4) is 0 Å². The van der Waals surface area contributed by atoms with Gasteiger partial charge in [-0.1, -0.05) is 30.0 Å². The van der Waals surface area contributed by atoms with E-state index in [1.165, 1.54) is 11.8 Å². The molecule has 0 radical (unpaired) electrons. The molecule has 0 unspecified atom stereocenters. The lowest BCUT2D eigenvalue weighted by Crippen LogP contribution is -2.52. The lowest BCUT2D eigenvalue weighted by atomic mass is 9.81. The summed E-state index contributed by atoms with van der Waals surface area (Å²) in [5, 5.41) is 26.9. The van der Waals surface area contributed by atoms with Crippen LogP contribution in [0.15, 0.2) is 35.3 Å². The summed E-state index contributed by atoms with van der Waals surface area (Å²) in [6.07, 6.45) is -1.70. The Kier molecular flexibility index (Phi) is 5.95. The number of carbonyl (C=O) groups excluding carboxylic acids is 1. The predicted octanol–water partition coefficient (Wildman–Crippen LogP) is 0.443. The first-order chi connectivity index (χ1) is 12.1. The summed E-state index contributed by atoms with van der Waals surface area (Å²) in [6.45, 7) is 1.14. The van der Waals surface area contributed by atoms with E-state index in [-0.39, 0.29) is 17.6 Å². The van der Waals surface area contributed by atoms with Gasteiger partial charge in [0.1, 0.15) is 6.10 Å². The number of thioether (sulfide) groups is 1. The van der Waals surface area contributed by atoms with E-state index in [1.54, 1.807) is 7.11 Å². The molecule has 7 nitrogen and oxygen atoms in total. The van der Waals surface area contributed by atoms with Gasteiger partial charge in [-0.05, 0) is 18.6 Å². The topological polar surface area (TPSA) is 103 Å². The number of amides is 1. The summed E-state index contributed by atoms with van der Waals surface area (Å²) in [5.74, 6) is -0.591. The van der Waals surface area contributed by atoms with Crippen LogP contribution in [-0.2, 0) is 9.53 Å². The van der Waals surface area contributed by atoms with Gasteiger partial charge in [-0.25, -0.2) is 0 Å². The van der Waals surface area contributed by atoms with Crippen molar-refractivity contribution in [3.05, 3.63) is 30.3 Å². The first-order valence-corrected chi connectivity index (χ1v) is 9.17. The minimum Gasteiger partial charge on any atom is -0.390 e. The zero-order valence-corrected chi connectivity index (χ0v) is 14.8. The summed E-state index contributed by atoms with van der Waals surface area (Å²) in [6, 6.07) is 8.72. The number of fused-ring (bicyclic) bond motifs is 1. The largest absolute Gasteiger partial charge is 0.390 e. The fraction of sp³-hybridized carbons (Fsp3) is 0.529. The van der Waals surface area contributed by atoms with Gasteiger partial charge < -0.3 is 25.6 Å². The van der Waals surface area contributed by atoms with Gasteiger partial charge in [0.2, 0.25) is 5.91 Å². The number of nitrogens with zero attached hydrogens (tertiary/aromatic N) is 1. The summed E-state index contributed by atoms with van der Waals surface area (Å²) in [5.41, 5.74) is 0.715. The van der Waals surface area contributed by atoms with Crippen LogP contribution in [0.2, 0.25) is 0 Å². The van der Waals surface area contributed by atoms with Crippen LogP contribution in [0.4, 0.5) is 5.69 Å². The van der Waals surface area contributed by atoms with Crippen molar-refractivity contribution < 1.29 is 19.7 Å². The molecular formula is C17H23N3O4S. The van der Waals surface area contributed by atoms with Crippen molar-refractivity contribution in [2.45, 2.75) is 29.9 Å². The molecule has 0 aromatic heterocycles. The Hall–Kier alpha value is -1.61. The number of amidine groups is 1. The Balaban J connectivity index is 1.69. The summed E-state index contributed by atoms with van der Waals surface area (Å²) >= 11 is 1.45. The molecule has 1 saturated carbocycles. The van der Waals surface area contributed by atoms with Crippen LogP contribution >= 0.6 is 11.8 Å². The monoisotopic (exact) mass is 365 g/mol. The Morgan fingerprint density at radius 3 is 2.84 bits per heavy atom. The molecule has 3 rings (SSSR count). The molecule has 1 heterocycles. The Labute approximate surface area is 150 Å². The molecular weight excluding hydrogens is 342 g/mol. The smallest absolute Gasteiger partial charge is 0.228 e. The van der Waals surface area contributed by atoms with E-state index in [1.807, 2.05) is 30.3 Å². The zero-order valence-electron chi connectivity index (χ0n) is 14.0. The minimum absolute atomic E-state index is 0.159. The number of benzene rings is 1. The Bertz CT molecular complexity index is 628. The maximum Gasteiger partial charge on any atom is 0.228 e. The number of hydrogen-bond donors (Lipinski definition) is 4. The molecule has 8 heteroatoms. The number of aliphatic hydroxyl groups is 2. The number of carbonyl (C=O) groups is 1. The first kappa shape index (κ1) is 18.2. The minimum atomic E-state index is -0.963. The second-order valence-corrected chi connectivity index (χ2v) is 7.35. The molecule has 25 heavy (non-hydrogen) atoms. The molecule has 1 amide bonds. The van der Waals surface area contributed by atoms with Crippen LogP contribution in [0.5, 0.6) is 0 Å². The van der Waals surface area contributed by atoms with Gasteiger partial charge in [0.05, 0.1) is 24.7 Å². The Morgan fingerprint density at radius 2 is 2.12 bits per heavy atom. The molecule has 2 aliphatic rings. The normalized spacial score (nSPS) is 31.2. The van der Waals surface area contributed by atoms with Crippen molar-refractivity contribution >= 4 is 28.5 Å². The first-order valence-electron chi connectivity index (χ1n) is 8.29. The molecule has 4 N–H and O–H groups in total. The van der Waals surface area contributed by atoms with Gasteiger partial charge >= 0.3 is 0 Å². The highest BCUT2D eigenvalue weighted by Crippen LogP contribution is 2.41. The molecule has 1 fully saturated rings. The van der Waals surface area contributed by atoms with E-state index in [2.05, 4.69) is 15.6 Å². The van der Waals surface area contributed by atoms with Gasteiger partial charge in [-0.15, -0.1) is 0 Å². The molecule has 1 aromatic carbocycles. The van der Waals surface area contributed by atoms with Gasteiger partial charge in [0, 0.05) is 24.6 Å². The van der Waals surface area contributed by atoms with Crippen LogP contribution in [0.3, 0.4) is 0 Å². The third-order valence-electron chi connectivity index (χ3n) is 4.45. The highest BCUT2D eigenvalue weighted by molar-refractivity contribution is 8.14. The molecule has 0 spiro atoms. The summed E-state index contributed by atoms with van der Waals surface area (Å²) in [7, 11) is 1.62. The zero-order chi connectivity index (χ0) is 17.8. The fourth-order valence-corrected chi connectivity index (χ4v) is 4.54. The van der Waals surface area contributed by atoms with E-state index in [0.29, 0.717) is 24.0 Å². The number of aliphatic imine (C=N–C) groups is 1. The number of hydrogen-bond acceptors (Lipinski definition) is 7. The molecule has 1 aromatic rings. The number of nitrogens with one attached hydrogen (secondary N) is 2.